The van der Waals surface area contributed by atoms with E-state index in [9.17, 15) is 0 Å². The summed E-state index contributed by atoms with van der Waals surface area (Å²) in [6.45, 7) is 8.45. The Bertz CT molecular complexity index is 1800. The van der Waals surface area contributed by atoms with Gasteiger partial charge in [0.1, 0.15) is 0 Å². The Labute approximate surface area is 204 Å². The number of nitrogens with zero attached hydrogens (tertiary/aromatic N) is 1. The Hall–Kier alpha value is -4.62. The predicted molar refractivity (Wildman–Crippen MR) is 150 cm³/mol. The van der Waals surface area contributed by atoms with Gasteiger partial charge >= 0.3 is 0 Å². The van der Waals surface area contributed by atoms with Crippen molar-refractivity contribution in [2.45, 2.75) is 0 Å². The lowest BCUT2D eigenvalue weighted by atomic mass is 9.75. The van der Waals surface area contributed by atoms with E-state index in [4.69, 9.17) is 0 Å². The number of hydrogen-bond donors (Lipinski definition) is 0. The van der Waals surface area contributed by atoms with E-state index in [1.807, 2.05) is 0 Å². The molecule has 1 heteroatoms. The van der Waals surface area contributed by atoms with Gasteiger partial charge < -0.3 is 4.57 Å². The molecule has 5 aromatic carbocycles. The third kappa shape index (κ3) is 2.88. The zero-order chi connectivity index (χ0) is 23.5. The minimum absolute atomic E-state index is 1.05. The quantitative estimate of drug-likeness (QED) is 0.256. The molecule has 1 aliphatic rings. The van der Waals surface area contributed by atoms with Gasteiger partial charge in [-0.25, -0.2) is 0 Å². The summed E-state index contributed by atoms with van der Waals surface area (Å²) in [5, 5.41) is 2.51. The molecular weight excluding hydrogens is 422 g/mol. The first-order chi connectivity index (χ1) is 17.2. The van der Waals surface area contributed by atoms with Gasteiger partial charge in [-0.1, -0.05) is 92.0 Å². The fourth-order valence-corrected chi connectivity index (χ4v) is 5.48. The van der Waals surface area contributed by atoms with Crippen molar-refractivity contribution in [1.82, 2.24) is 4.57 Å². The van der Waals surface area contributed by atoms with Crippen molar-refractivity contribution in [2.75, 3.05) is 0 Å². The van der Waals surface area contributed by atoms with Crippen LogP contribution in [0.2, 0.25) is 0 Å². The third-order valence-corrected chi connectivity index (χ3v) is 7.25. The zero-order valence-corrected chi connectivity index (χ0v) is 19.3. The Morgan fingerprint density at radius 1 is 0.457 bits per heavy atom. The van der Waals surface area contributed by atoms with Crippen molar-refractivity contribution < 1.29 is 0 Å². The average molecular weight is 446 g/mol. The number of para-hydroxylation sites is 1. The molecule has 0 spiro atoms. The van der Waals surface area contributed by atoms with E-state index in [1.165, 1.54) is 60.9 Å². The lowest BCUT2D eigenvalue weighted by Crippen LogP contribution is -2.06. The van der Waals surface area contributed by atoms with Gasteiger partial charge in [-0.15, -0.1) is 0 Å². The molecule has 0 bridgehead atoms. The maximum absolute atomic E-state index is 4.27. The van der Waals surface area contributed by atoms with E-state index >= 15 is 0 Å². The SMILES string of the molecule is C=C1C(=C)c2c1cccc2-c1ccc2c(c1)c1cc(-c3ccccc3)ccc1n2-c1ccccc1. The second kappa shape index (κ2) is 7.44. The molecule has 0 fully saturated rings. The molecular formula is C34H23N. The van der Waals surface area contributed by atoms with Crippen molar-refractivity contribution in [1.29, 1.82) is 0 Å². The van der Waals surface area contributed by atoms with E-state index in [-0.39, 0.29) is 0 Å². The maximum atomic E-state index is 4.27. The average Bonchev–Trinajstić information content (AvgIpc) is 3.26. The second-order valence-electron chi connectivity index (χ2n) is 9.19. The zero-order valence-electron chi connectivity index (χ0n) is 19.3. The molecule has 0 atom stereocenters. The molecule has 0 saturated heterocycles. The summed E-state index contributed by atoms with van der Waals surface area (Å²) in [4.78, 5) is 0. The van der Waals surface area contributed by atoms with Crippen molar-refractivity contribution in [3.8, 4) is 27.9 Å². The van der Waals surface area contributed by atoms with E-state index in [1.54, 1.807) is 0 Å². The normalized spacial score (nSPS) is 12.7. The molecule has 0 amide bonds. The van der Waals surface area contributed by atoms with Crippen LogP contribution in [0.3, 0.4) is 0 Å². The third-order valence-electron chi connectivity index (χ3n) is 7.25. The van der Waals surface area contributed by atoms with Crippen molar-refractivity contribution in [3.05, 3.63) is 140 Å². The van der Waals surface area contributed by atoms with Crippen LogP contribution in [0.5, 0.6) is 0 Å². The lowest BCUT2D eigenvalue weighted by Gasteiger charge is -2.28. The number of fused-ring (bicyclic) bond motifs is 4. The van der Waals surface area contributed by atoms with Crippen LogP contribution >= 0.6 is 0 Å². The molecule has 0 saturated carbocycles. The molecule has 7 rings (SSSR count). The van der Waals surface area contributed by atoms with Crippen LogP contribution in [0.4, 0.5) is 0 Å². The van der Waals surface area contributed by atoms with Gasteiger partial charge in [0, 0.05) is 16.5 Å². The van der Waals surface area contributed by atoms with Crippen LogP contribution < -0.4 is 0 Å². The molecule has 0 radical (unpaired) electrons. The minimum Gasteiger partial charge on any atom is -0.309 e. The van der Waals surface area contributed by atoms with Gasteiger partial charge in [-0.2, -0.15) is 0 Å². The summed E-state index contributed by atoms with van der Waals surface area (Å²) in [5.41, 5.74) is 13.0. The number of aromatic nitrogens is 1. The highest BCUT2D eigenvalue weighted by Gasteiger charge is 2.26. The summed E-state index contributed by atoms with van der Waals surface area (Å²) < 4.78 is 2.37. The first-order valence-electron chi connectivity index (χ1n) is 11.9. The van der Waals surface area contributed by atoms with Crippen LogP contribution in [-0.2, 0) is 0 Å². The number of benzene rings is 5. The van der Waals surface area contributed by atoms with Crippen LogP contribution in [0.25, 0.3) is 60.9 Å². The summed E-state index contributed by atoms with van der Waals surface area (Å²) in [6.07, 6.45) is 0. The van der Waals surface area contributed by atoms with E-state index < -0.39 is 0 Å². The Morgan fingerprint density at radius 3 is 1.77 bits per heavy atom. The second-order valence-corrected chi connectivity index (χ2v) is 9.19. The van der Waals surface area contributed by atoms with Crippen LogP contribution in [0.1, 0.15) is 11.1 Å². The molecule has 1 heterocycles. The fraction of sp³-hybridized carbons (Fsp3) is 0. The van der Waals surface area contributed by atoms with Gasteiger partial charge in [0.25, 0.3) is 0 Å². The molecule has 1 nitrogen and oxygen atoms in total. The summed E-state index contributed by atoms with van der Waals surface area (Å²) in [6, 6.07) is 41.3. The summed E-state index contributed by atoms with van der Waals surface area (Å²) in [5.74, 6) is 0. The monoisotopic (exact) mass is 445 g/mol. The van der Waals surface area contributed by atoms with Gasteiger partial charge in [-0.3, -0.25) is 0 Å². The van der Waals surface area contributed by atoms with Gasteiger partial charge in [0.15, 0.2) is 0 Å². The van der Waals surface area contributed by atoms with Crippen LogP contribution in [0.15, 0.2) is 128 Å². The number of allylic oxidation sites excluding steroid dienone is 2. The van der Waals surface area contributed by atoms with Gasteiger partial charge in [-0.05, 0) is 80.9 Å². The molecule has 0 unspecified atom stereocenters. The fourth-order valence-electron chi connectivity index (χ4n) is 5.48. The van der Waals surface area contributed by atoms with Crippen LogP contribution in [0, 0.1) is 0 Å². The summed E-state index contributed by atoms with van der Waals surface area (Å²) >= 11 is 0. The molecule has 0 aliphatic heterocycles. The molecule has 6 aromatic rings. The van der Waals surface area contributed by atoms with Crippen molar-refractivity contribution >= 4 is 33.0 Å². The maximum Gasteiger partial charge on any atom is 0.0541 e. The molecule has 1 aromatic heterocycles. The Balaban J connectivity index is 1.53. The highest BCUT2D eigenvalue weighted by molar-refractivity contribution is 6.19. The first kappa shape index (κ1) is 19.8. The largest absolute Gasteiger partial charge is 0.309 e. The Kier molecular flexibility index (Phi) is 4.21. The lowest BCUT2D eigenvalue weighted by molar-refractivity contribution is 1.18. The van der Waals surface area contributed by atoms with Crippen molar-refractivity contribution in [2.24, 2.45) is 0 Å². The first-order valence-corrected chi connectivity index (χ1v) is 11.9. The van der Waals surface area contributed by atoms with Crippen molar-refractivity contribution in [3.63, 3.8) is 0 Å². The highest BCUT2D eigenvalue weighted by atomic mass is 15.0. The van der Waals surface area contributed by atoms with E-state index in [0.717, 1.165) is 11.1 Å². The van der Waals surface area contributed by atoms with Gasteiger partial charge in [0.05, 0.1) is 11.0 Å². The topological polar surface area (TPSA) is 4.93 Å². The molecule has 1 aliphatic carbocycles. The summed E-state index contributed by atoms with van der Waals surface area (Å²) in [7, 11) is 0. The number of rotatable bonds is 3. The number of hydrogen-bond acceptors (Lipinski definition) is 0. The molecule has 164 valence electrons. The van der Waals surface area contributed by atoms with E-state index in [2.05, 4.69) is 133 Å². The van der Waals surface area contributed by atoms with E-state index in [0.29, 0.717) is 0 Å². The minimum atomic E-state index is 1.05. The van der Waals surface area contributed by atoms with Crippen LogP contribution in [-0.4, -0.2) is 4.57 Å². The smallest absolute Gasteiger partial charge is 0.0541 e. The Morgan fingerprint density at radius 2 is 1.06 bits per heavy atom. The highest BCUT2D eigenvalue weighted by Crippen LogP contribution is 2.48. The molecule has 0 N–H and O–H groups in total. The standard InChI is InChI=1S/C34H23N/c1-22-23(2)34-28(22)14-9-15-29(34)26-17-19-33-31(21-26)30-20-25(24-10-5-3-6-11-24)16-18-32(30)35(33)27-12-7-4-8-13-27/h3-21H,1-2H2. The van der Waals surface area contributed by atoms with Gasteiger partial charge in [0.2, 0.25) is 0 Å². The molecule has 35 heavy (non-hydrogen) atoms. The predicted octanol–water partition coefficient (Wildman–Crippen LogP) is 9.16.